The van der Waals surface area contributed by atoms with Crippen LogP contribution < -0.4 is 30.2 Å². The fourth-order valence-electron chi connectivity index (χ4n) is 3.01. The summed E-state index contributed by atoms with van der Waals surface area (Å²) in [6, 6.07) is 8.83. The molecule has 2 aromatic heterocycles. The van der Waals surface area contributed by atoms with E-state index in [2.05, 4.69) is 21.2 Å². The molecule has 0 aliphatic rings. The highest BCUT2D eigenvalue weighted by molar-refractivity contribution is 7.86. The Bertz CT molecular complexity index is 1190. The van der Waals surface area contributed by atoms with Crippen LogP contribution in [0.4, 0.5) is 0 Å². The molecule has 0 fully saturated rings. The molecule has 2 heterocycles. The number of hydrogen-bond donors (Lipinski definition) is 4. The number of rotatable bonds is 14. The monoisotopic (exact) mass is 539 g/mol. The summed E-state index contributed by atoms with van der Waals surface area (Å²) < 4.78 is 34.8. The summed E-state index contributed by atoms with van der Waals surface area (Å²) in [5.41, 5.74) is 8.83. The molecular weight excluding hydrogens is 509 g/mol. The van der Waals surface area contributed by atoms with Gasteiger partial charge in [0.2, 0.25) is 8.38 Å². The zero-order valence-corrected chi connectivity index (χ0v) is 22.0. The lowest BCUT2D eigenvalue weighted by atomic mass is 10.2. The number of ether oxygens (including phenoxy) is 2. The molecule has 0 aliphatic carbocycles. The summed E-state index contributed by atoms with van der Waals surface area (Å²) in [5, 5.41) is 9.75. The maximum atomic E-state index is 13.0. The van der Waals surface area contributed by atoms with E-state index in [-0.39, 0.29) is 12.0 Å². The lowest BCUT2D eigenvalue weighted by Crippen LogP contribution is -2.50. The predicted octanol–water partition coefficient (Wildman–Crippen LogP) is 1.45. The van der Waals surface area contributed by atoms with E-state index in [1.165, 1.54) is 23.6 Å². The Kier molecular flexibility index (Phi) is 10.6. The zero-order chi connectivity index (χ0) is 25.2. The Morgan fingerprint density at radius 3 is 2.49 bits per heavy atom. The minimum atomic E-state index is -1.93. The van der Waals surface area contributed by atoms with Crippen LogP contribution in [-0.2, 0) is 11.0 Å². The van der Waals surface area contributed by atoms with Crippen LogP contribution >= 0.6 is 19.7 Å². The molecule has 3 aromatic rings. The Hall–Kier alpha value is -2.36. The first-order valence-electron chi connectivity index (χ1n) is 11.0. The average Bonchev–Trinajstić information content (AvgIpc) is 3.18. The van der Waals surface area contributed by atoms with E-state index >= 15 is 0 Å². The van der Waals surface area contributed by atoms with Gasteiger partial charge in [-0.25, -0.2) is 13.9 Å². The summed E-state index contributed by atoms with van der Waals surface area (Å²) >= 11 is 1.41. The van der Waals surface area contributed by atoms with Crippen molar-refractivity contribution in [1.82, 2.24) is 9.71 Å². The molecule has 2 atom stereocenters. The first-order chi connectivity index (χ1) is 17.0. The number of quaternary nitrogens is 2. The summed E-state index contributed by atoms with van der Waals surface area (Å²) in [6.45, 7) is 4.56. The maximum Gasteiger partial charge on any atom is 0.243 e. The maximum absolute atomic E-state index is 13.0. The van der Waals surface area contributed by atoms with Gasteiger partial charge in [-0.15, -0.1) is 11.3 Å². The van der Waals surface area contributed by atoms with Crippen LogP contribution in [0.1, 0.15) is 24.1 Å². The van der Waals surface area contributed by atoms with E-state index in [9.17, 15) is 9.10 Å². The van der Waals surface area contributed by atoms with Crippen LogP contribution in [0.2, 0.25) is 0 Å². The van der Waals surface area contributed by atoms with E-state index in [0.717, 1.165) is 41.6 Å². The second-order valence-electron chi connectivity index (χ2n) is 7.43. The molecule has 1 aromatic carbocycles. The molecule has 188 valence electrons. The first kappa shape index (κ1) is 27.2. The van der Waals surface area contributed by atoms with Gasteiger partial charge >= 0.3 is 0 Å². The Morgan fingerprint density at radius 2 is 1.89 bits per heavy atom. The number of aromatic nitrogens is 1. The molecule has 0 saturated heterocycles. The molecule has 8 N–H and O–H groups in total. The van der Waals surface area contributed by atoms with Gasteiger partial charge in [-0.3, -0.25) is 0 Å². The number of pyridine rings is 1. The largest absolute Gasteiger partial charge is 0.489 e. The number of fused-ring (bicyclic) bond motifs is 1. The molecular formula is C22H30N5O5PS2+2. The van der Waals surface area contributed by atoms with E-state index in [1.54, 1.807) is 6.07 Å². The molecule has 3 rings (SSSR count). The van der Waals surface area contributed by atoms with Crippen molar-refractivity contribution in [2.24, 2.45) is 0 Å². The molecule has 0 radical (unpaired) electrons. The lowest BCUT2D eigenvalue weighted by Gasteiger charge is -2.13. The number of hydrogen-bond acceptors (Lipinski definition) is 8. The van der Waals surface area contributed by atoms with Crippen LogP contribution in [0.3, 0.4) is 0 Å². The van der Waals surface area contributed by atoms with Gasteiger partial charge < -0.3 is 30.4 Å². The van der Waals surface area contributed by atoms with Gasteiger partial charge in [0.15, 0.2) is 11.5 Å². The van der Waals surface area contributed by atoms with Crippen LogP contribution in [0, 0.1) is 18.3 Å². The standard InChI is InChI=1S/C22H28N5O5PS2/c1-15-18-10-19(30-8-2-6-23)20(31-9-3-7-24)11-21(18)34-22(15)35(29)27-14-33(28)32-17-5-4-16(12-25)26-13-17/h4-5,10-11,13,27-28H,2-3,6-9,14,23-24H2,1H3/p+2. The van der Waals surface area contributed by atoms with Crippen molar-refractivity contribution in [3.63, 3.8) is 0 Å². The second kappa shape index (κ2) is 13.7. The molecule has 0 amide bonds. The number of nitriles is 1. The molecule has 0 bridgehead atoms. The van der Waals surface area contributed by atoms with Crippen molar-refractivity contribution in [2.45, 2.75) is 24.0 Å². The number of nitrogens with one attached hydrogen (secondary N) is 1. The van der Waals surface area contributed by atoms with Gasteiger partial charge in [0, 0.05) is 29.0 Å². The fraction of sp³-hybridized carbons (Fsp3) is 0.364. The van der Waals surface area contributed by atoms with Crippen molar-refractivity contribution in [1.29, 1.82) is 5.26 Å². The predicted molar refractivity (Wildman–Crippen MR) is 135 cm³/mol. The molecule has 0 aliphatic heterocycles. The van der Waals surface area contributed by atoms with Crippen LogP contribution in [-0.4, -0.2) is 46.7 Å². The SMILES string of the molecule is Cc1c(S(=O)NCP(O)Oc2ccc(C#N)nc2)sc2cc(OCCC[NH3+])c(OCCC[NH3+])cc12. The first-order valence-corrected chi connectivity index (χ1v) is 14.4. The smallest absolute Gasteiger partial charge is 0.243 e. The Balaban J connectivity index is 1.71. The number of benzene rings is 1. The average molecular weight is 540 g/mol. The molecule has 0 spiro atoms. The molecule has 35 heavy (non-hydrogen) atoms. The van der Waals surface area contributed by atoms with Crippen molar-refractivity contribution in [2.75, 3.05) is 32.6 Å². The van der Waals surface area contributed by atoms with Crippen LogP contribution in [0.25, 0.3) is 10.1 Å². The quantitative estimate of drug-likeness (QED) is 0.177. The number of aryl methyl sites for hydroxylation is 1. The minimum Gasteiger partial charge on any atom is -0.489 e. The summed E-state index contributed by atoms with van der Waals surface area (Å²) in [5.74, 6) is 1.65. The normalized spacial score (nSPS) is 12.8. The highest BCUT2D eigenvalue weighted by atomic mass is 32.2. The fourth-order valence-corrected chi connectivity index (χ4v) is 6.56. The van der Waals surface area contributed by atoms with E-state index in [1.807, 2.05) is 25.1 Å². The van der Waals surface area contributed by atoms with E-state index in [0.29, 0.717) is 34.7 Å². The zero-order valence-electron chi connectivity index (χ0n) is 19.5. The topological polar surface area (TPSA) is 169 Å². The van der Waals surface area contributed by atoms with Gasteiger partial charge in [-0.1, -0.05) is 0 Å². The number of thiophene rings is 1. The van der Waals surface area contributed by atoms with E-state index < -0.39 is 19.4 Å². The Morgan fingerprint density at radius 1 is 1.20 bits per heavy atom. The van der Waals surface area contributed by atoms with Crippen LogP contribution in [0.15, 0.2) is 34.7 Å². The highest BCUT2D eigenvalue weighted by Gasteiger charge is 2.19. The van der Waals surface area contributed by atoms with Crippen molar-refractivity contribution in [3.05, 3.63) is 41.7 Å². The third-order valence-corrected chi connectivity index (χ3v) is 8.69. The van der Waals surface area contributed by atoms with E-state index in [4.69, 9.17) is 19.3 Å². The molecule has 13 heteroatoms. The third kappa shape index (κ3) is 7.56. The highest BCUT2D eigenvalue weighted by Crippen LogP contribution is 2.41. The van der Waals surface area contributed by atoms with Crippen molar-refractivity contribution < 1.29 is 34.6 Å². The van der Waals surface area contributed by atoms with Gasteiger partial charge in [0.1, 0.15) is 32.7 Å². The lowest BCUT2D eigenvalue weighted by molar-refractivity contribution is -0.369. The van der Waals surface area contributed by atoms with Gasteiger partial charge in [0.25, 0.3) is 0 Å². The summed E-state index contributed by atoms with van der Waals surface area (Å²) in [7, 11) is -3.48. The van der Waals surface area contributed by atoms with Crippen molar-refractivity contribution in [3.8, 4) is 23.3 Å². The number of nitrogens with zero attached hydrogens (tertiary/aromatic N) is 2. The van der Waals surface area contributed by atoms with Gasteiger partial charge in [-0.05, 0) is 30.7 Å². The molecule has 0 saturated carbocycles. The van der Waals surface area contributed by atoms with Gasteiger partial charge in [0.05, 0.1) is 38.8 Å². The molecule has 10 nitrogen and oxygen atoms in total. The van der Waals surface area contributed by atoms with Gasteiger partial charge in [-0.2, -0.15) is 5.26 Å². The third-order valence-electron chi connectivity index (χ3n) is 4.82. The molecule has 2 unspecified atom stereocenters. The second-order valence-corrected chi connectivity index (χ2v) is 11.2. The minimum absolute atomic E-state index is 0.00550. The Labute approximate surface area is 211 Å². The summed E-state index contributed by atoms with van der Waals surface area (Å²) in [4.78, 5) is 14.1. The van der Waals surface area contributed by atoms with Crippen molar-refractivity contribution >= 4 is 40.8 Å². The summed E-state index contributed by atoms with van der Waals surface area (Å²) in [6.07, 6.45) is 3.03. The van der Waals surface area contributed by atoms with Crippen LogP contribution in [0.5, 0.6) is 17.2 Å².